The van der Waals surface area contributed by atoms with Gasteiger partial charge < -0.3 is 14.8 Å². The van der Waals surface area contributed by atoms with E-state index in [1.165, 1.54) is 11.3 Å². The summed E-state index contributed by atoms with van der Waals surface area (Å²) >= 11 is 1.41. The Morgan fingerprint density at radius 3 is 2.32 bits per heavy atom. The molecule has 28 heavy (non-hydrogen) atoms. The average molecular weight is 411 g/mol. The molecule has 0 spiro atoms. The number of likely N-dealkylation sites (tertiary alicyclic amines) is 1. The van der Waals surface area contributed by atoms with E-state index in [2.05, 4.69) is 5.32 Å². The number of rotatable bonds is 8. The van der Waals surface area contributed by atoms with E-state index in [9.17, 15) is 14.4 Å². The standard InChI is InChI=1S/C20H30N2O5S/c1-5-15-13(4)28-18(17(15)20(25)27-7-3)21-16(23)12-22-10-8-14(9-11-22)19(24)26-6-2/h14H,5-12H2,1-4H3,(H,21,23). The van der Waals surface area contributed by atoms with Crippen LogP contribution in [0, 0.1) is 12.8 Å². The maximum atomic E-state index is 12.6. The van der Waals surface area contributed by atoms with Crippen LogP contribution in [0.1, 0.15) is 54.4 Å². The first kappa shape index (κ1) is 22.4. The molecule has 0 radical (unpaired) electrons. The molecule has 1 aliphatic heterocycles. The lowest BCUT2D eigenvalue weighted by molar-refractivity contribution is -0.149. The molecular weight excluding hydrogens is 380 g/mol. The van der Waals surface area contributed by atoms with Crippen molar-refractivity contribution in [2.75, 3.05) is 38.2 Å². The fourth-order valence-corrected chi connectivity index (χ4v) is 4.62. The summed E-state index contributed by atoms with van der Waals surface area (Å²) in [6, 6.07) is 0. The summed E-state index contributed by atoms with van der Waals surface area (Å²) < 4.78 is 10.2. The van der Waals surface area contributed by atoms with E-state index in [0.717, 1.165) is 10.4 Å². The molecule has 2 heterocycles. The largest absolute Gasteiger partial charge is 0.466 e. The SMILES string of the molecule is CCOC(=O)c1c(NC(=O)CN2CCC(C(=O)OCC)CC2)sc(C)c1CC. The van der Waals surface area contributed by atoms with Crippen molar-refractivity contribution in [1.82, 2.24) is 4.90 Å². The van der Waals surface area contributed by atoms with Crippen LogP contribution in [0.5, 0.6) is 0 Å². The van der Waals surface area contributed by atoms with Crippen molar-refractivity contribution in [3.8, 4) is 0 Å². The lowest BCUT2D eigenvalue weighted by Crippen LogP contribution is -2.41. The van der Waals surface area contributed by atoms with Gasteiger partial charge in [0.2, 0.25) is 5.91 Å². The minimum atomic E-state index is -0.394. The number of carbonyl (C=O) groups is 3. The summed E-state index contributed by atoms with van der Waals surface area (Å²) in [6.07, 6.45) is 2.09. The Morgan fingerprint density at radius 1 is 1.11 bits per heavy atom. The molecule has 1 amide bonds. The van der Waals surface area contributed by atoms with E-state index in [1.807, 2.05) is 18.7 Å². The number of nitrogens with one attached hydrogen (secondary N) is 1. The van der Waals surface area contributed by atoms with Crippen molar-refractivity contribution in [3.05, 3.63) is 16.0 Å². The minimum absolute atomic E-state index is 0.0817. The molecule has 1 aromatic heterocycles. The Morgan fingerprint density at radius 2 is 1.75 bits per heavy atom. The number of hydrogen-bond acceptors (Lipinski definition) is 7. The first-order chi connectivity index (χ1) is 13.4. The summed E-state index contributed by atoms with van der Waals surface area (Å²) in [7, 11) is 0. The molecule has 1 saturated heterocycles. The van der Waals surface area contributed by atoms with E-state index in [4.69, 9.17) is 9.47 Å². The highest BCUT2D eigenvalue weighted by atomic mass is 32.1. The highest BCUT2D eigenvalue weighted by molar-refractivity contribution is 7.16. The van der Waals surface area contributed by atoms with Crippen LogP contribution in [0.4, 0.5) is 5.00 Å². The van der Waals surface area contributed by atoms with Gasteiger partial charge in [0.05, 0.1) is 31.2 Å². The van der Waals surface area contributed by atoms with Crippen LogP contribution in [0.3, 0.4) is 0 Å². The Hall–Kier alpha value is -1.93. The second-order valence-corrected chi connectivity index (χ2v) is 7.99. The molecule has 0 aromatic carbocycles. The molecule has 8 heteroatoms. The number of carbonyl (C=O) groups excluding carboxylic acids is 3. The number of hydrogen-bond donors (Lipinski definition) is 1. The summed E-state index contributed by atoms with van der Waals surface area (Å²) in [5.74, 6) is -0.785. The van der Waals surface area contributed by atoms with Crippen LogP contribution < -0.4 is 5.32 Å². The second kappa shape index (κ2) is 10.6. The van der Waals surface area contributed by atoms with Gasteiger partial charge in [0.25, 0.3) is 0 Å². The highest BCUT2D eigenvalue weighted by Gasteiger charge is 2.28. The van der Waals surface area contributed by atoms with Crippen LogP contribution in [0.2, 0.25) is 0 Å². The number of thiophene rings is 1. The van der Waals surface area contributed by atoms with Crippen molar-refractivity contribution in [1.29, 1.82) is 0 Å². The second-order valence-electron chi connectivity index (χ2n) is 6.77. The van der Waals surface area contributed by atoms with Gasteiger partial charge in [-0.15, -0.1) is 11.3 Å². The topological polar surface area (TPSA) is 84.9 Å². The van der Waals surface area contributed by atoms with Gasteiger partial charge in [0.15, 0.2) is 0 Å². The summed E-state index contributed by atoms with van der Waals surface area (Å²) in [4.78, 5) is 39.8. The predicted octanol–water partition coefficient (Wildman–Crippen LogP) is 3.01. The Kier molecular flexibility index (Phi) is 8.44. The lowest BCUT2D eigenvalue weighted by Gasteiger charge is -2.30. The third kappa shape index (κ3) is 5.54. The van der Waals surface area contributed by atoms with Crippen LogP contribution in [0.25, 0.3) is 0 Å². The fourth-order valence-electron chi connectivity index (χ4n) is 3.47. The quantitative estimate of drug-likeness (QED) is 0.663. The number of nitrogens with zero attached hydrogens (tertiary/aromatic N) is 1. The third-order valence-corrected chi connectivity index (χ3v) is 5.93. The molecule has 1 aromatic rings. The number of esters is 2. The number of anilines is 1. The third-order valence-electron chi connectivity index (χ3n) is 4.87. The first-order valence-electron chi connectivity index (χ1n) is 9.89. The van der Waals surface area contributed by atoms with Gasteiger partial charge in [-0.25, -0.2) is 4.79 Å². The zero-order valence-electron chi connectivity index (χ0n) is 17.1. The molecule has 1 aliphatic rings. The zero-order chi connectivity index (χ0) is 20.7. The molecule has 0 atom stereocenters. The van der Waals surface area contributed by atoms with E-state index in [-0.39, 0.29) is 24.3 Å². The summed E-state index contributed by atoms with van der Waals surface area (Å²) in [5, 5.41) is 3.45. The molecule has 156 valence electrons. The molecule has 7 nitrogen and oxygen atoms in total. The maximum absolute atomic E-state index is 12.6. The van der Waals surface area contributed by atoms with Crippen molar-refractivity contribution < 1.29 is 23.9 Å². The Balaban J connectivity index is 1.97. The zero-order valence-corrected chi connectivity index (χ0v) is 17.9. The van der Waals surface area contributed by atoms with Crippen molar-refractivity contribution in [3.63, 3.8) is 0 Å². The van der Waals surface area contributed by atoms with Gasteiger partial charge in [-0.3, -0.25) is 14.5 Å². The molecular formula is C20H30N2O5S. The predicted molar refractivity (Wildman–Crippen MR) is 109 cm³/mol. The molecule has 2 rings (SSSR count). The van der Waals surface area contributed by atoms with Gasteiger partial charge in [-0.05, 0) is 58.7 Å². The number of ether oxygens (including phenoxy) is 2. The fraction of sp³-hybridized carbons (Fsp3) is 0.650. The van der Waals surface area contributed by atoms with E-state index in [0.29, 0.717) is 56.1 Å². The summed E-state index contributed by atoms with van der Waals surface area (Å²) in [5.41, 5.74) is 1.40. The molecule has 0 aliphatic carbocycles. The van der Waals surface area contributed by atoms with Gasteiger partial charge >= 0.3 is 11.9 Å². The van der Waals surface area contributed by atoms with Crippen LogP contribution in [0.15, 0.2) is 0 Å². The van der Waals surface area contributed by atoms with Gasteiger partial charge in [-0.1, -0.05) is 6.92 Å². The normalized spacial score (nSPS) is 15.3. The minimum Gasteiger partial charge on any atom is -0.466 e. The maximum Gasteiger partial charge on any atom is 0.341 e. The Bertz CT molecular complexity index is 708. The first-order valence-corrected chi connectivity index (χ1v) is 10.7. The summed E-state index contributed by atoms with van der Waals surface area (Å²) in [6.45, 7) is 9.76. The van der Waals surface area contributed by atoms with Crippen LogP contribution >= 0.6 is 11.3 Å². The van der Waals surface area contributed by atoms with Crippen LogP contribution in [-0.4, -0.2) is 55.6 Å². The van der Waals surface area contributed by atoms with Crippen molar-refractivity contribution >= 4 is 34.2 Å². The van der Waals surface area contributed by atoms with Gasteiger partial charge in [0, 0.05) is 4.88 Å². The molecule has 1 fully saturated rings. The monoisotopic (exact) mass is 410 g/mol. The van der Waals surface area contributed by atoms with Gasteiger partial charge in [0.1, 0.15) is 5.00 Å². The van der Waals surface area contributed by atoms with Gasteiger partial charge in [-0.2, -0.15) is 0 Å². The molecule has 0 saturated carbocycles. The van der Waals surface area contributed by atoms with E-state index >= 15 is 0 Å². The van der Waals surface area contributed by atoms with Crippen molar-refractivity contribution in [2.45, 2.75) is 47.0 Å². The molecule has 1 N–H and O–H groups in total. The highest BCUT2D eigenvalue weighted by Crippen LogP contribution is 2.34. The van der Waals surface area contributed by atoms with Crippen LogP contribution in [-0.2, 0) is 25.5 Å². The van der Waals surface area contributed by atoms with Crippen molar-refractivity contribution in [2.24, 2.45) is 5.92 Å². The number of amides is 1. The number of piperidine rings is 1. The molecule has 0 bridgehead atoms. The van der Waals surface area contributed by atoms with E-state index in [1.54, 1.807) is 13.8 Å². The Labute approximate surface area is 170 Å². The lowest BCUT2D eigenvalue weighted by atomic mass is 9.97. The number of aryl methyl sites for hydroxylation is 1. The van der Waals surface area contributed by atoms with E-state index < -0.39 is 5.97 Å². The molecule has 0 unspecified atom stereocenters. The average Bonchev–Trinajstić information content (AvgIpc) is 2.97. The smallest absolute Gasteiger partial charge is 0.341 e.